The quantitative estimate of drug-likeness (QED) is 0.354. The molecule has 168 valence electrons. The number of thiazole rings is 1. The number of aromatic nitrogens is 2. The fourth-order valence-electron chi connectivity index (χ4n) is 3.06. The summed E-state index contributed by atoms with van der Waals surface area (Å²) in [5.41, 5.74) is 17.9. The maximum Gasteiger partial charge on any atom is 0.217 e. The number of carbonyl (C=O) groups excluding carboxylic acids is 1. The fraction of sp³-hybridized carbons (Fsp3) is 0.292. The largest absolute Gasteiger partial charge is 0.383 e. The summed E-state index contributed by atoms with van der Waals surface area (Å²) < 4.78 is 1.11. The van der Waals surface area contributed by atoms with Crippen molar-refractivity contribution in [1.82, 2.24) is 15.3 Å². The van der Waals surface area contributed by atoms with Crippen molar-refractivity contribution in [3.05, 3.63) is 59.3 Å². The molecule has 1 amide bonds. The molecule has 0 saturated carbocycles. The lowest BCUT2D eigenvalue weighted by molar-refractivity contribution is -0.117. The predicted molar refractivity (Wildman–Crippen MR) is 135 cm³/mol. The summed E-state index contributed by atoms with van der Waals surface area (Å²) in [7, 11) is 0. The van der Waals surface area contributed by atoms with Crippen LogP contribution in [0.1, 0.15) is 39.2 Å². The molecule has 0 saturated heterocycles. The minimum Gasteiger partial charge on any atom is -0.383 e. The van der Waals surface area contributed by atoms with E-state index in [1.54, 1.807) is 17.5 Å². The highest BCUT2D eigenvalue weighted by Gasteiger charge is 2.09. The van der Waals surface area contributed by atoms with Gasteiger partial charge >= 0.3 is 0 Å². The molecule has 0 aliphatic rings. The number of primary amides is 1. The normalized spacial score (nSPS) is 12.5. The zero-order valence-electron chi connectivity index (χ0n) is 18.7. The van der Waals surface area contributed by atoms with Crippen LogP contribution in [0.4, 0.5) is 17.2 Å². The van der Waals surface area contributed by atoms with Crippen LogP contribution in [0.3, 0.4) is 0 Å². The number of fused-ring (bicyclic) bond motifs is 1. The van der Waals surface area contributed by atoms with Gasteiger partial charge in [-0.2, -0.15) is 0 Å². The molecule has 0 unspecified atom stereocenters. The van der Waals surface area contributed by atoms with Crippen LogP contribution in [0.2, 0.25) is 0 Å². The molecule has 6 N–H and O–H groups in total. The van der Waals surface area contributed by atoms with E-state index in [9.17, 15) is 4.79 Å². The summed E-state index contributed by atoms with van der Waals surface area (Å²) in [6.07, 6.45) is 8.49. The van der Waals surface area contributed by atoms with Gasteiger partial charge in [-0.15, -0.1) is 11.3 Å². The number of amides is 1. The summed E-state index contributed by atoms with van der Waals surface area (Å²) in [6, 6.07) is 7.93. The molecule has 0 aliphatic heterocycles. The third-order valence-corrected chi connectivity index (χ3v) is 5.54. The van der Waals surface area contributed by atoms with E-state index < -0.39 is 0 Å². The number of carbonyl (C=O) groups is 1. The highest BCUT2D eigenvalue weighted by Crippen LogP contribution is 2.29. The summed E-state index contributed by atoms with van der Waals surface area (Å²) >= 11 is 1.60. The second-order valence-corrected chi connectivity index (χ2v) is 9.41. The molecule has 1 aromatic carbocycles. The number of nitrogens with one attached hydrogen (secondary N) is 2. The molecular formula is C24H30N6OS. The highest BCUT2D eigenvalue weighted by atomic mass is 32.1. The summed E-state index contributed by atoms with van der Waals surface area (Å²) in [5, 5.41) is 6.86. The number of nitrogen functional groups attached to an aromatic ring is 1. The first-order valence-corrected chi connectivity index (χ1v) is 11.3. The van der Waals surface area contributed by atoms with Gasteiger partial charge in [-0.05, 0) is 57.5 Å². The molecule has 3 aromatic rings. The molecule has 0 fully saturated rings. The van der Waals surface area contributed by atoms with Crippen LogP contribution in [0.25, 0.3) is 16.3 Å². The Labute approximate surface area is 192 Å². The van der Waals surface area contributed by atoms with E-state index in [1.807, 2.05) is 35.9 Å². The maximum absolute atomic E-state index is 11.3. The molecule has 32 heavy (non-hydrogen) atoms. The number of allylic oxidation sites excluding steroid dienone is 2. The van der Waals surface area contributed by atoms with E-state index in [-0.39, 0.29) is 17.9 Å². The highest BCUT2D eigenvalue weighted by molar-refractivity contribution is 7.16. The van der Waals surface area contributed by atoms with Crippen LogP contribution in [0.5, 0.6) is 0 Å². The van der Waals surface area contributed by atoms with E-state index >= 15 is 0 Å². The van der Waals surface area contributed by atoms with Gasteiger partial charge in [0.2, 0.25) is 5.91 Å². The van der Waals surface area contributed by atoms with Crippen LogP contribution in [0, 0.1) is 0 Å². The molecule has 0 atom stereocenters. The maximum atomic E-state index is 11.3. The molecule has 8 heteroatoms. The minimum atomic E-state index is -0.324. The third-order valence-electron chi connectivity index (χ3n) is 4.75. The number of anilines is 3. The van der Waals surface area contributed by atoms with E-state index in [2.05, 4.69) is 53.5 Å². The lowest BCUT2D eigenvalue weighted by Gasteiger charge is -2.19. The zero-order chi connectivity index (χ0) is 23.1. The van der Waals surface area contributed by atoms with Crippen molar-refractivity contribution in [3.8, 4) is 0 Å². The topological polar surface area (TPSA) is 119 Å². The average molecular weight is 451 g/mol. The summed E-state index contributed by atoms with van der Waals surface area (Å²) in [5.74, 6) is 0.0990. The van der Waals surface area contributed by atoms with Gasteiger partial charge in [0.05, 0.1) is 21.4 Å². The molecular weight excluding hydrogens is 420 g/mol. The van der Waals surface area contributed by atoms with Crippen molar-refractivity contribution in [2.75, 3.05) is 17.6 Å². The van der Waals surface area contributed by atoms with Gasteiger partial charge in [0, 0.05) is 36.0 Å². The molecule has 2 heterocycles. The van der Waals surface area contributed by atoms with E-state index in [4.69, 9.17) is 11.5 Å². The lowest BCUT2D eigenvalue weighted by atomic mass is 10.1. The van der Waals surface area contributed by atoms with Gasteiger partial charge in [-0.3, -0.25) is 4.79 Å². The van der Waals surface area contributed by atoms with Crippen LogP contribution < -0.4 is 22.1 Å². The minimum absolute atomic E-state index is 0.000928. The third kappa shape index (κ3) is 6.90. The van der Waals surface area contributed by atoms with E-state index in [0.717, 1.165) is 32.7 Å². The Bertz CT molecular complexity index is 1140. The summed E-state index contributed by atoms with van der Waals surface area (Å²) in [6.45, 7) is 7.01. The standard InChI is InChI=1S/C24H30N6OS/c1-24(2,3)29-13-10-16(5-9-22(25)31)4-7-18-19(11-12-27-23(18)26)30-17-6-8-20-21(14-17)32-15-28-20/h4,6-8,10-12,14-15,29H,5,9,13H2,1-3H3,(H2,25,31)(H3,26,27,30)/b7-4+,16-10-. The Hall–Kier alpha value is -3.23. The molecule has 7 nitrogen and oxygen atoms in total. The Morgan fingerprint density at radius 2 is 2.00 bits per heavy atom. The van der Waals surface area contributed by atoms with Crippen molar-refractivity contribution in [2.45, 2.75) is 39.2 Å². The van der Waals surface area contributed by atoms with E-state index in [1.165, 1.54) is 0 Å². The van der Waals surface area contributed by atoms with Crippen LogP contribution >= 0.6 is 11.3 Å². The lowest BCUT2D eigenvalue weighted by Crippen LogP contribution is -2.35. The number of hydrogen-bond acceptors (Lipinski definition) is 7. The number of benzene rings is 1. The SMILES string of the molecule is CC(C)(C)NC/C=C(/C=C/c1c(Nc2ccc3ncsc3c2)ccnc1N)CCC(N)=O. The van der Waals surface area contributed by atoms with Crippen LogP contribution in [0.15, 0.2) is 53.7 Å². The Morgan fingerprint density at radius 1 is 1.19 bits per heavy atom. The zero-order valence-corrected chi connectivity index (χ0v) is 19.5. The van der Waals surface area contributed by atoms with Gasteiger partial charge in [-0.1, -0.05) is 17.7 Å². The Morgan fingerprint density at radius 3 is 2.75 bits per heavy atom. The van der Waals surface area contributed by atoms with Crippen molar-refractivity contribution < 1.29 is 4.79 Å². The number of nitrogens with two attached hydrogens (primary N) is 2. The number of pyridine rings is 1. The van der Waals surface area contributed by atoms with Crippen molar-refractivity contribution >= 4 is 50.7 Å². The first kappa shape index (κ1) is 23.4. The van der Waals surface area contributed by atoms with Crippen LogP contribution in [-0.2, 0) is 4.79 Å². The second kappa shape index (κ2) is 10.4. The first-order chi connectivity index (χ1) is 15.2. The van der Waals surface area contributed by atoms with Gasteiger partial charge in [0.1, 0.15) is 5.82 Å². The summed E-state index contributed by atoms with van der Waals surface area (Å²) in [4.78, 5) is 19.9. The van der Waals surface area contributed by atoms with E-state index in [0.29, 0.717) is 18.8 Å². The first-order valence-electron chi connectivity index (χ1n) is 10.5. The Balaban J connectivity index is 1.84. The molecule has 0 aliphatic carbocycles. The van der Waals surface area contributed by atoms with Crippen molar-refractivity contribution in [2.24, 2.45) is 5.73 Å². The second-order valence-electron chi connectivity index (χ2n) is 8.53. The fourth-order valence-corrected chi connectivity index (χ4v) is 3.78. The van der Waals surface area contributed by atoms with Crippen molar-refractivity contribution in [1.29, 1.82) is 0 Å². The number of hydrogen-bond donors (Lipinski definition) is 4. The molecule has 2 aromatic heterocycles. The molecule has 0 spiro atoms. The van der Waals surface area contributed by atoms with Gasteiger partial charge in [0.25, 0.3) is 0 Å². The van der Waals surface area contributed by atoms with Crippen LogP contribution in [-0.4, -0.2) is 28.0 Å². The van der Waals surface area contributed by atoms with Gasteiger partial charge in [-0.25, -0.2) is 9.97 Å². The van der Waals surface area contributed by atoms with Gasteiger partial charge in [0.15, 0.2) is 0 Å². The number of nitrogens with zero attached hydrogens (tertiary/aromatic N) is 2. The molecule has 0 radical (unpaired) electrons. The smallest absolute Gasteiger partial charge is 0.217 e. The Kier molecular flexibility index (Phi) is 7.61. The molecule has 3 rings (SSSR count). The van der Waals surface area contributed by atoms with Crippen molar-refractivity contribution in [3.63, 3.8) is 0 Å². The molecule has 0 bridgehead atoms. The average Bonchev–Trinajstić information content (AvgIpc) is 3.18. The number of rotatable bonds is 9. The predicted octanol–water partition coefficient (Wildman–Crippen LogP) is 4.61. The van der Waals surface area contributed by atoms with Gasteiger partial charge < -0.3 is 22.1 Å². The monoisotopic (exact) mass is 450 g/mol.